The molecule has 1 N–H and O–H groups in total. The first kappa shape index (κ1) is 26.6. The molecule has 0 unspecified atom stereocenters. The van der Waals surface area contributed by atoms with Gasteiger partial charge in [0.05, 0.1) is 32.7 Å². The molecule has 0 bridgehead atoms. The number of methoxy groups -OCH3 is 1. The van der Waals surface area contributed by atoms with Crippen LogP contribution in [0, 0.1) is 17.0 Å². The van der Waals surface area contributed by atoms with Crippen LogP contribution in [0.5, 0.6) is 5.75 Å². The Kier molecular flexibility index (Phi) is 8.11. The van der Waals surface area contributed by atoms with E-state index < -0.39 is 27.4 Å². The van der Waals surface area contributed by atoms with E-state index in [-0.39, 0.29) is 48.3 Å². The van der Waals surface area contributed by atoms with Crippen LogP contribution in [0.15, 0.2) is 59.5 Å². The van der Waals surface area contributed by atoms with E-state index in [0.29, 0.717) is 0 Å². The number of sulfonamides is 1. The molecule has 3 aromatic carbocycles. The molecular weight excluding hydrogens is 541 g/mol. The van der Waals surface area contributed by atoms with Crippen LogP contribution >= 0.6 is 34.8 Å². The lowest BCUT2D eigenvalue weighted by atomic mass is 10.2. The lowest BCUT2D eigenvalue weighted by Gasteiger charge is -2.26. The minimum Gasteiger partial charge on any atom is -0.495 e. The zero-order valence-electron chi connectivity index (χ0n) is 18.3. The van der Waals surface area contributed by atoms with Crippen LogP contribution in [0.2, 0.25) is 15.1 Å². The molecule has 0 aromatic heterocycles. The molecule has 0 aliphatic rings. The maximum atomic E-state index is 13.7. The Morgan fingerprint density at radius 2 is 1.77 bits per heavy atom. The van der Waals surface area contributed by atoms with Gasteiger partial charge in [-0.2, -0.15) is 0 Å². The van der Waals surface area contributed by atoms with Crippen molar-refractivity contribution >= 4 is 67.8 Å². The quantitative estimate of drug-likeness (QED) is 0.280. The minimum atomic E-state index is -4.50. The van der Waals surface area contributed by atoms with Gasteiger partial charge in [-0.15, -0.1) is 0 Å². The summed E-state index contributed by atoms with van der Waals surface area (Å²) in [4.78, 5) is 23.2. The maximum Gasteiger partial charge on any atom is 0.273 e. The Hall–Kier alpha value is -3.05. The van der Waals surface area contributed by atoms with Gasteiger partial charge >= 0.3 is 0 Å². The Morgan fingerprint density at radius 3 is 2.40 bits per heavy atom. The Bertz CT molecular complexity index is 1420. The highest BCUT2D eigenvalue weighted by atomic mass is 35.5. The molecule has 0 atom stereocenters. The molecule has 3 rings (SSSR count). The first-order valence-corrected chi connectivity index (χ1v) is 12.4. The minimum absolute atomic E-state index is 0.0347. The van der Waals surface area contributed by atoms with Crippen LogP contribution in [0.25, 0.3) is 0 Å². The summed E-state index contributed by atoms with van der Waals surface area (Å²) in [6.45, 7) is 0.776. The van der Waals surface area contributed by atoms with Crippen LogP contribution in [0.1, 0.15) is 5.56 Å². The van der Waals surface area contributed by atoms with E-state index in [9.17, 15) is 23.3 Å². The number of carbonyl (C=O) groups is 1. The molecular formula is C22H18Cl3N3O6S. The highest BCUT2D eigenvalue weighted by Gasteiger charge is 2.31. The number of benzene rings is 3. The smallest absolute Gasteiger partial charge is 0.273 e. The summed E-state index contributed by atoms with van der Waals surface area (Å²) in [5.74, 6) is -0.613. The van der Waals surface area contributed by atoms with Crippen molar-refractivity contribution in [1.29, 1.82) is 0 Å². The predicted octanol–water partition coefficient (Wildman–Crippen LogP) is 5.71. The lowest BCUT2D eigenvalue weighted by molar-refractivity contribution is -0.385. The molecule has 13 heteroatoms. The molecule has 184 valence electrons. The number of hydrogen-bond donors (Lipinski definition) is 1. The van der Waals surface area contributed by atoms with E-state index in [1.165, 1.54) is 62.6 Å². The number of nitro groups is 1. The number of nitrogens with zero attached hydrogens (tertiary/aromatic N) is 2. The standard InChI is InChI=1S/C22H18Cl3N3O6S/c1-13-3-6-16(11-19(13)28(30)31)35(32,33)27(20-9-14(23)4-8-21(20)34-2)12-22(29)26-15-5-7-17(24)18(25)10-15/h3-11H,12H2,1-2H3,(H,26,29). The normalized spacial score (nSPS) is 11.1. The third-order valence-corrected chi connectivity index (χ3v) is 7.60. The number of rotatable bonds is 8. The first-order chi connectivity index (χ1) is 16.4. The average Bonchev–Trinajstić information content (AvgIpc) is 2.79. The van der Waals surface area contributed by atoms with Gasteiger partial charge in [0, 0.05) is 22.3 Å². The summed E-state index contributed by atoms with van der Waals surface area (Å²) < 4.78 is 33.4. The van der Waals surface area contributed by atoms with E-state index in [0.717, 1.165) is 10.4 Å². The molecule has 0 saturated heterocycles. The zero-order valence-corrected chi connectivity index (χ0v) is 21.4. The van der Waals surface area contributed by atoms with Gasteiger partial charge in [0.1, 0.15) is 12.3 Å². The highest BCUT2D eigenvalue weighted by molar-refractivity contribution is 7.92. The van der Waals surface area contributed by atoms with Gasteiger partial charge in [0.2, 0.25) is 5.91 Å². The van der Waals surface area contributed by atoms with Gasteiger partial charge in [-0.25, -0.2) is 8.42 Å². The molecule has 35 heavy (non-hydrogen) atoms. The number of nitrogens with one attached hydrogen (secondary N) is 1. The van der Waals surface area contributed by atoms with Crippen molar-refractivity contribution in [3.05, 3.63) is 85.3 Å². The molecule has 1 amide bonds. The van der Waals surface area contributed by atoms with Gasteiger partial charge in [-0.05, 0) is 49.4 Å². The number of amides is 1. The molecule has 0 radical (unpaired) electrons. The van der Waals surface area contributed by atoms with E-state index in [1.54, 1.807) is 0 Å². The number of carbonyl (C=O) groups excluding carboxylic acids is 1. The van der Waals surface area contributed by atoms with E-state index in [2.05, 4.69) is 5.32 Å². The van der Waals surface area contributed by atoms with E-state index in [4.69, 9.17) is 39.5 Å². The highest BCUT2D eigenvalue weighted by Crippen LogP contribution is 2.36. The molecule has 0 saturated carbocycles. The van der Waals surface area contributed by atoms with Crippen LogP contribution in [0.3, 0.4) is 0 Å². The summed E-state index contributed by atoms with van der Waals surface area (Å²) in [5.41, 5.74) is 0.140. The van der Waals surface area contributed by atoms with Crippen LogP contribution in [-0.4, -0.2) is 32.9 Å². The number of halogens is 3. The van der Waals surface area contributed by atoms with Crippen molar-refractivity contribution < 1.29 is 22.9 Å². The van der Waals surface area contributed by atoms with Gasteiger partial charge in [0.25, 0.3) is 15.7 Å². The van der Waals surface area contributed by atoms with E-state index in [1.807, 2.05) is 0 Å². The third-order valence-electron chi connectivity index (χ3n) is 4.87. The molecule has 0 aliphatic carbocycles. The number of hydrogen-bond acceptors (Lipinski definition) is 6. The third kappa shape index (κ3) is 5.96. The Balaban J connectivity index is 2.09. The number of ether oxygens (including phenoxy) is 1. The van der Waals surface area contributed by atoms with Crippen LogP contribution in [0.4, 0.5) is 17.1 Å². The Labute approximate surface area is 216 Å². The Morgan fingerprint density at radius 1 is 1.06 bits per heavy atom. The summed E-state index contributed by atoms with van der Waals surface area (Å²) in [6.07, 6.45) is 0. The summed E-state index contributed by atoms with van der Waals surface area (Å²) >= 11 is 18.0. The monoisotopic (exact) mass is 557 g/mol. The van der Waals surface area contributed by atoms with Crippen molar-refractivity contribution in [2.75, 3.05) is 23.3 Å². The van der Waals surface area contributed by atoms with Crippen molar-refractivity contribution in [3.8, 4) is 5.75 Å². The van der Waals surface area contributed by atoms with Crippen LogP contribution in [-0.2, 0) is 14.8 Å². The predicted molar refractivity (Wildman–Crippen MR) is 135 cm³/mol. The second kappa shape index (κ2) is 10.7. The molecule has 0 fully saturated rings. The molecule has 0 aliphatic heterocycles. The molecule has 0 heterocycles. The molecule has 0 spiro atoms. The van der Waals surface area contributed by atoms with Crippen molar-refractivity contribution in [3.63, 3.8) is 0 Å². The topological polar surface area (TPSA) is 119 Å². The summed E-state index contributed by atoms with van der Waals surface area (Å²) in [5, 5.41) is 14.6. The number of nitro benzene ring substituents is 1. The number of aryl methyl sites for hydroxylation is 1. The SMILES string of the molecule is COc1ccc(Cl)cc1N(CC(=O)Nc1ccc(Cl)c(Cl)c1)S(=O)(=O)c1ccc(C)c([N+](=O)[O-])c1. The van der Waals surface area contributed by atoms with Crippen molar-refractivity contribution in [1.82, 2.24) is 0 Å². The van der Waals surface area contributed by atoms with Gasteiger partial charge in [-0.1, -0.05) is 40.9 Å². The van der Waals surface area contributed by atoms with Crippen molar-refractivity contribution in [2.45, 2.75) is 11.8 Å². The van der Waals surface area contributed by atoms with Crippen molar-refractivity contribution in [2.24, 2.45) is 0 Å². The largest absolute Gasteiger partial charge is 0.495 e. The second-order valence-corrected chi connectivity index (χ2v) is 10.3. The fourth-order valence-electron chi connectivity index (χ4n) is 3.14. The van der Waals surface area contributed by atoms with Gasteiger partial charge in [-0.3, -0.25) is 19.2 Å². The molecule has 9 nitrogen and oxygen atoms in total. The van der Waals surface area contributed by atoms with Gasteiger partial charge in [0.15, 0.2) is 0 Å². The summed E-state index contributed by atoms with van der Waals surface area (Å²) in [7, 11) is -3.17. The number of anilines is 2. The van der Waals surface area contributed by atoms with E-state index >= 15 is 0 Å². The summed E-state index contributed by atoms with van der Waals surface area (Å²) in [6, 6.07) is 12.1. The lowest BCUT2D eigenvalue weighted by Crippen LogP contribution is -2.38. The van der Waals surface area contributed by atoms with Gasteiger partial charge < -0.3 is 10.1 Å². The molecule has 3 aromatic rings. The van der Waals surface area contributed by atoms with Crippen LogP contribution < -0.4 is 14.4 Å². The second-order valence-electron chi connectivity index (χ2n) is 7.21. The first-order valence-electron chi connectivity index (χ1n) is 9.80. The zero-order chi connectivity index (χ0) is 25.9. The fraction of sp³-hybridized carbons (Fsp3) is 0.136. The average molecular weight is 559 g/mol. The maximum absolute atomic E-state index is 13.7. The fourth-order valence-corrected chi connectivity index (χ4v) is 5.04.